The highest BCUT2D eigenvalue weighted by atomic mass is 35.5. The molecule has 3 rings (SSSR count). The van der Waals surface area contributed by atoms with Crippen LogP contribution >= 0.6 is 22.9 Å². The van der Waals surface area contributed by atoms with Crippen molar-refractivity contribution in [2.24, 2.45) is 5.73 Å². The summed E-state index contributed by atoms with van der Waals surface area (Å²) in [6.45, 7) is 5.22. The number of hydrogen-bond acceptors (Lipinski definition) is 8. The van der Waals surface area contributed by atoms with Crippen molar-refractivity contribution in [2.75, 3.05) is 6.61 Å². The first-order valence-corrected chi connectivity index (χ1v) is 11.0. The van der Waals surface area contributed by atoms with E-state index in [9.17, 15) is 14.8 Å². The molecule has 168 valence electrons. The normalized spacial score (nSPS) is 13.0. The predicted molar refractivity (Wildman–Crippen MR) is 121 cm³/mol. The van der Waals surface area contributed by atoms with Crippen molar-refractivity contribution in [3.05, 3.63) is 46.7 Å². The number of aliphatic hydroxyl groups excluding tert-OH is 1. The number of nitrogens with two attached hydrogens (primary N) is 1. The minimum absolute atomic E-state index is 0.0622. The fourth-order valence-corrected chi connectivity index (χ4v) is 3.85. The molecule has 0 aliphatic heterocycles. The number of rotatable bonds is 8. The number of nitriles is 1. The molecule has 0 radical (unpaired) electrons. The molecule has 0 amide bonds. The third-order valence-electron chi connectivity index (χ3n) is 4.44. The Labute approximate surface area is 194 Å². The first-order chi connectivity index (χ1) is 15.2. The van der Waals surface area contributed by atoms with Gasteiger partial charge in [0.1, 0.15) is 28.4 Å². The summed E-state index contributed by atoms with van der Waals surface area (Å²) in [6.07, 6.45) is -0.854. The lowest BCUT2D eigenvalue weighted by atomic mass is 10.1. The van der Waals surface area contributed by atoms with Gasteiger partial charge in [-0.2, -0.15) is 5.26 Å². The van der Waals surface area contributed by atoms with Gasteiger partial charge in [0, 0.05) is 17.2 Å². The maximum absolute atomic E-state index is 14.6. The molecule has 2 atom stereocenters. The second kappa shape index (κ2) is 10.2. The Kier molecular flexibility index (Phi) is 7.64. The van der Waals surface area contributed by atoms with Crippen LogP contribution in [0.5, 0.6) is 11.5 Å². The zero-order valence-corrected chi connectivity index (χ0v) is 19.2. The summed E-state index contributed by atoms with van der Waals surface area (Å²) >= 11 is 7.55. The molecule has 3 aromatic rings. The quantitative estimate of drug-likeness (QED) is 0.494. The Morgan fingerprint density at radius 3 is 2.56 bits per heavy atom. The lowest BCUT2D eigenvalue weighted by molar-refractivity contribution is 0.129. The van der Waals surface area contributed by atoms with Crippen LogP contribution in [0.2, 0.25) is 5.02 Å². The molecular weight excluding hydrogens is 455 g/mol. The topological polar surface area (TPSA) is 114 Å². The SMILES string of the molecule is CC(C)Oc1ccc(-c2nnc(-c3cc(F)c(OC[C@@H](N)[C@H](C)O)cc3Cl)s2)cc1C#N. The van der Waals surface area contributed by atoms with Crippen LogP contribution in [0.4, 0.5) is 4.39 Å². The molecule has 10 heteroatoms. The molecule has 0 aliphatic rings. The second-order valence-corrected chi connectivity index (χ2v) is 8.76. The summed E-state index contributed by atoms with van der Waals surface area (Å²) in [5.74, 6) is -0.216. The summed E-state index contributed by atoms with van der Waals surface area (Å²) in [6, 6.07) is 9.19. The third kappa shape index (κ3) is 5.53. The zero-order valence-electron chi connectivity index (χ0n) is 17.7. The molecule has 32 heavy (non-hydrogen) atoms. The molecule has 0 aliphatic carbocycles. The molecule has 3 N–H and O–H groups in total. The van der Waals surface area contributed by atoms with Gasteiger partial charge in [0.2, 0.25) is 0 Å². The van der Waals surface area contributed by atoms with Crippen LogP contribution in [0.3, 0.4) is 0 Å². The van der Waals surface area contributed by atoms with E-state index in [1.54, 1.807) is 18.2 Å². The van der Waals surface area contributed by atoms with E-state index in [4.69, 9.17) is 26.8 Å². The van der Waals surface area contributed by atoms with Crippen molar-refractivity contribution in [2.45, 2.75) is 39.0 Å². The molecule has 0 saturated heterocycles. The lowest BCUT2D eigenvalue weighted by Gasteiger charge is -2.16. The molecule has 2 aromatic carbocycles. The Morgan fingerprint density at radius 1 is 1.19 bits per heavy atom. The smallest absolute Gasteiger partial charge is 0.165 e. The average molecular weight is 477 g/mol. The predicted octanol–water partition coefficient (Wildman–Crippen LogP) is 4.41. The Balaban J connectivity index is 1.85. The van der Waals surface area contributed by atoms with E-state index in [-0.39, 0.29) is 23.5 Å². The number of aromatic nitrogens is 2. The van der Waals surface area contributed by atoms with Crippen LogP contribution in [0.25, 0.3) is 21.1 Å². The molecule has 0 spiro atoms. The van der Waals surface area contributed by atoms with Crippen molar-refractivity contribution in [3.8, 4) is 38.7 Å². The number of halogens is 2. The van der Waals surface area contributed by atoms with Crippen molar-refractivity contribution >= 4 is 22.9 Å². The van der Waals surface area contributed by atoms with Gasteiger partial charge < -0.3 is 20.3 Å². The fraction of sp³-hybridized carbons (Fsp3) is 0.318. The van der Waals surface area contributed by atoms with E-state index in [0.29, 0.717) is 32.5 Å². The number of nitrogens with zero attached hydrogens (tertiary/aromatic N) is 3. The first kappa shape index (κ1) is 23.9. The van der Waals surface area contributed by atoms with Gasteiger partial charge in [-0.1, -0.05) is 22.9 Å². The van der Waals surface area contributed by atoms with Crippen molar-refractivity contribution < 1.29 is 19.0 Å². The molecule has 1 heterocycles. The lowest BCUT2D eigenvalue weighted by Crippen LogP contribution is -2.38. The van der Waals surface area contributed by atoms with Gasteiger partial charge in [-0.15, -0.1) is 10.2 Å². The van der Waals surface area contributed by atoms with Crippen molar-refractivity contribution in [1.82, 2.24) is 10.2 Å². The van der Waals surface area contributed by atoms with Crippen LogP contribution in [0, 0.1) is 17.1 Å². The van der Waals surface area contributed by atoms with E-state index in [0.717, 1.165) is 0 Å². The zero-order chi connectivity index (χ0) is 23.4. The molecular formula is C22H22ClFN4O3S. The van der Waals surface area contributed by atoms with Crippen LogP contribution < -0.4 is 15.2 Å². The number of ether oxygens (including phenoxy) is 2. The Bertz CT molecular complexity index is 1150. The number of hydrogen-bond donors (Lipinski definition) is 2. The second-order valence-electron chi connectivity index (χ2n) is 7.38. The summed E-state index contributed by atoms with van der Waals surface area (Å²) in [4.78, 5) is 0. The summed E-state index contributed by atoms with van der Waals surface area (Å²) < 4.78 is 25.6. The van der Waals surface area contributed by atoms with Gasteiger partial charge in [-0.3, -0.25) is 0 Å². The molecule has 0 fully saturated rings. The van der Waals surface area contributed by atoms with Crippen LogP contribution in [-0.4, -0.2) is 40.2 Å². The summed E-state index contributed by atoms with van der Waals surface area (Å²) in [5, 5.41) is 28.3. The molecule has 0 saturated carbocycles. The van der Waals surface area contributed by atoms with E-state index in [2.05, 4.69) is 16.3 Å². The fourth-order valence-electron chi connectivity index (χ4n) is 2.68. The Morgan fingerprint density at radius 2 is 1.91 bits per heavy atom. The monoisotopic (exact) mass is 476 g/mol. The van der Waals surface area contributed by atoms with Gasteiger partial charge in [-0.25, -0.2) is 4.39 Å². The summed E-state index contributed by atoms with van der Waals surface area (Å²) in [7, 11) is 0. The summed E-state index contributed by atoms with van der Waals surface area (Å²) in [5.41, 5.74) is 7.14. The molecule has 1 aromatic heterocycles. The van der Waals surface area contributed by atoms with Gasteiger partial charge in [-0.05, 0) is 45.0 Å². The molecule has 0 bridgehead atoms. The molecule has 7 nitrogen and oxygen atoms in total. The van der Waals surface area contributed by atoms with Crippen molar-refractivity contribution in [1.29, 1.82) is 5.26 Å². The average Bonchev–Trinajstić information content (AvgIpc) is 3.23. The standard InChI is InChI=1S/C22H22ClFN4O3S/c1-11(2)31-19-5-4-13(6-14(19)9-25)21-27-28-22(32-21)15-7-17(24)20(8-16(15)23)30-10-18(26)12(3)29/h4-8,11-12,18,29H,10,26H2,1-3H3/t12-,18+/m0/s1. The highest BCUT2D eigenvalue weighted by Crippen LogP contribution is 2.38. The van der Waals surface area contributed by atoms with Crippen molar-refractivity contribution in [3.63, 3.8) is 0 Å². The number of aliphatic hydroxyl groups is 1. The van der Waals surface area contributed by atoms with Crippen LogP contribution in [-0.2, 0) is 0 Å². The van der Waals surface area contributed by atoms with E-state index < -0.39 is 18.0 Å². The largest absolute Gasteiger partial charge is 0.490 e. The van der Waals surface area contributed by atoms with Crippen LogP contribution in [0.1, 0.15) is 26.3 Å². The van der Waals surface area contributed by atoms with Crippen LogP contribution in [0.15, 0.2) is 30.3 Å². The number of benzene rings is 2. The maximum Gasteiger partial charge on any atom is 0.165 e. The maximum atomic E-state index is 14.6. The van der Waals surface area contributed by atoms with Gasteiger partial charge in [0.25, 0.3) is 0 Å². The third-order valence-corrected chi connectivity index (χ3v) is 5.76. The first-order valence-electron chi connectivity index (χ1n) is 9.80. The van der Waals surface area contributed by atoms with E-state index >= 15 is 0 Å². The van der Waals surface area contributed by atoms with Gasteiger partial charge in [0.05, 0.1) is 28.8 Å². The highest BCUT2D eigenvalue weighted by molar-refractivity contribution is 7.18. The van der Waals surface area contributed by atoms with Gasteiger partial charge >= 0.3 is 0 Å². The Hall–Kier alpha value is -2.77. The highest BCUT2D eigenvalue weighted by Gasteiger charge is 2.18. The minimum Gasteiger partial charge on any atom is -0.490 e. The van der Waals surface area contributed by atoms with Gasteiger partial charge in [0.15, 0.2) is 11.6 Å². The van der Waals surface area contributed by atoms with E-state index in [1.165, 1.54) is 30.4 Å². The molecule has 0 unspecified atom stereocenters. The van der Waals surface area contributed by atoms with E-state index in [1.807, 2.05) is 13.8 Å². The minimum atomic E-state index is -0.792.